The summed E-state index contributed by atoms with van der Waals surface area (Å²) < 4.78 is 27.5. The van der Waals surface area contributed by atoms with Gasteiger partial charge in [-0.2, -0.15) is 0 Å². The smallest absolute Gasteiger partial charge is 0.242 e. The first-order valence-corrected chi connectivity index (χ1v) is 8.71. The van der Waals surface area contributed by atoms with E-state index in [9.17, 15) is 8.42 Å². The summed E-state index contributed by atoms with van der Waals surface area (Å²) in [7, 11) is -3.60. The van der Waals surface area contributed by atoms with Crippen LogP contribution in [0.15, 0.2) is 40.6 Å². The largest absolute Gasteiger partial charge is 0.320 e. The summed E-state index contributed by atoms with van der Waals surface area (Å²) in [6, 6.07) is 8.62. The highest BCUT2D eigenvalue weighted by Crippen LogP contribution is 2.18. The molecule has 0 aliphatic carbocycles. The number of thiophene rings is 1. The second-order valence-electron chi connectivity index (χ2n) is 4.35. The van der Waals surface area contributed by atoms with Crippen molar-refractivity contribution in [3.05, 3.63) is 51.7 Å². The maximum atomic E-state index is 12.4. The molecule has 0 fully saturated rings. The third kappa shape index (κ3) is 3.93. The molecule has 110 valence electrons. The van der Waals surface area contributed by atoms with Gasteiger partial charge in [0.2, 0.25) is 10.0 Å². The van der Waals surface area contributed by atoms with Gasteiger partial charge >= 0.3 is 0 Å². The Hall–Kier alpha value is -1.65. The Balaban J connectivity index is 2.26. The molecule has 0 spiro atoms. The van der Waals surface area contributed by atoms with Gasteiger partial charge in [0.15, 0.2) is 0 Å². The van der Waals surface area contributed by atoms with Crippen molar-refractivity contribution in [1.82, 2.24) is 4.72 Å². The Labute approximate surface area is 129 Å². The predicted octanol–water partition coefficient (Wildman–Crippen LogP) is 1.85. The van der Waals surface area contributed by atoms with E-state index in [0.717, 1.165) is 10.4 Å². The van der Waals surface area contributed by atoms with E-state index in [2.05, 4.69) is 16.6 Å². The van der Waals surface area contributed by atoms with Crippen molar-refractivity contribution in [2.75, 3.05) is 6.54 Å². The second-order valence-corrected chi connectivity index (χ2v) is 7.09. The molecule has 0 aliphatic heterocycles. The van der Waals surface area contributed by atoms with E-state index in [1.165, 1.54) is 11.3 Å². The number of rotatable bonds is 4. The number of benzene rings is 1. The molecule has 0 atom stereocenters. The minimum Gasteiger partial charge on any atom is -0.320 e. The predicted molar refractivity (Wildman–Crippen MR) is 85.5 cm³/mol. The summed E-state index contributed by atoms with van der Waals surface area (Å²) in [4.78, 5) is 1.18. The number of hydrogen-bond acceptors (Lipinski definition) is 4. The molecule has 1 aromatic heterocycles. The number of aryl methyl sites for hydroxylation is 1. The molecule has 21 heavy (non-hydrogen) atoms. The average Bonchev–Trinajstić information content (AvgIpc) is 2.89. The Kier molecular flexibility index (Phi) is 5.15. The SMILES string of the molecule is Cc1ccsc1CNS(=O)(=O)c1ccccc1C#CCN. The van der Waals surface area contributed by atoms with Crippen molar-refractivity contribution in [3.8, 4) is 11.8 Å². The fourth-order valence-electron chi connectivity index (χ4n) is 1.77. The first kappa shape index (κ1) is 15.7. The summed E-state index contributed by atoms with van der Waals surface area (Å²) in [6.07, 6.45) is 0. The fourth-order valence-corrected chi connectivity index (χ4v) is 3.87. The minimum absolute atomic E-state index is 0.181. The molecule has 0 aliphatic rings. The van der Waals surface area contributed by atoms with Crippen molar-refractivity contribution in [2.24, 2.45) is 5.73 Å². The van der Waals surface area contributed by atoms with E-state index >= 15 is 0 Å². The first-order valence-electron chi connectivity index (χ1n) is 6.35. The van der Waals surface area contributed by atoms with Gasteiger partial charge in [-0.1, -0.05) is 24.0 Å². The summed E-state index contributed by atoms with van der Waals surface area (Å²) in [6.45, 7) is 2.43. The van der Waals surface area contributed by atoms with Crippen molar-refractivity contribution >= 4 is 21.4 Å². The maximum absolute atomic E-state index is 12.4. The highest BCUT2D eigenvalue weighted by molar-refractivity contribution is 7.89. The molecular formula is C15H16N2O2S2. The standard InChI is InChI=1S/C15H16N2O2S2/c1-12-8-10-20-14(12)11-17-21(18,19)15-7-3-2-5-13(15)6-4-9-16/h2-3,5,7-8,10,17H,9,11,16H2,1H3. The molecule has 0 saturated heterocycles. The van der Waals surface area contributed by atoms with Gasteiger partial charge in [-0.3, -0.25) is 0 Å². The summed E-state index contributed by atoms with van der Waals surface area (Å²) in [5, 5.41) is 1.94. The lowest BCUT2D eigenvalue weighted by Gasteiger charge is -2.08. The topological polar surface area (TPSA) is 72.2 Å². The van der Waals surface area contributed by atoms with Crippen LogP contribution in [0.25, 0.3) is 0 Å². The molecule has 1 aromatic carbocycles. The average molecular weight is 320 g/mol. The van der Waals surface area contributed by atoms with Crippen LogP contribution in [0, 0.1) is 18.8 Å². The molecule has 3 N–H and O–H groups in total. The molecule has 0 unspecified atom stereocenters. The number of nitrogens with two attached hydrogens (primary N) is 1. The van der Waals surface area contributed by atoms with Crippen LogP contribution in [0.3, 0.4) is 0 Å². The molecule has 1 heterocycles. The number of nitrogens with one attached hydrogen (secondary N) is 1. The Bertz CT molecular complexity index is 783. The van der Waals surface area contributed by atoms with Crippen LogP contribution in [-0.2, 0) is 16.6 Å². The van der Waals surface area contributed by atoms with Gasteiger partial charge in [-0.15, -0.1) is 11.3 Å². The Morgan fingerprint density at radius 1 is 1.29 bits per heavy atom. The molecule has 0 saturated carbocycles. The van der Waals surface area contributed by atoms with Crippen LogP contribution in [0.1, 0.15) is 16.0 Å². The molecule has 6 heteroatoms. The van der Waals surface area contributed by atoms with Gasteiger partial charge in [0, 0.05) is 17.0 Å². The van der Waals surface area contributed by atoms with Crippen LogP contribution in [-0.4, -0.2) is 15.0 Å². The van der Waals surface area contributed by atoms with E-state index in [4.69, 9.17) is 5.73 Å². The molecule has 0 radical (unpaired) electrons. The van der Waals surface area contributed by atoms with E-state index < -0.39 is 10.0 Å². The van der Waals surface area contributed by atoms with Crippen molar-refractivity contribution in [3.63, 3.8) is 0 Å². The Morgan fingerprint density at radius 3 is 2.71 bits per heavy atom. The van der Waals surface area contributed by atoms with Gasteiger partial charge in [0.25, 0.3) is 0 Å². The lowest BCUT2D eigenvalue weighted by atomic mass is 10.2. The van der Waals surface area contributed by atoms with Gasteiger partial charge in [-0.25, -0.2) is 13.1 Å². The zero-order chi connectivity index (χ0) is 15.3. The minimum atomic E-state index is -3.60. The number of sulfonamides is 1. The summed E-state index contributed by atoms with van der Waals surface area (Å²) in [5.41, 5.74) is 6.88. The highest BCUT2D eigenvalue weighted by atomic mass is 32.2. The summed E-state index contributed by atoms with van der Waals surface area (Å²) >= 11 is 1.53. The molecule has 2 aromatic rings. The highest BCUT2D eigenvalue weighted by Gasteiger charge is 2.17. The van der Waals surface area contributed by atoms with Gasteiger partial charge < -0.3 is 5.73 Å². The van der Waals surface area contributed by atoms with Crippen LogP contribution in [0.2, 0.25) is 0 Å². The van der Waals surface area contributed by atoms with E-state index in [-0.39, 0.29) is 18.0 Å². The van der Waals surface area contributed by atoms with Gasteiger partial charge in [-0.05, 0) is 36.1 Å². The fraction of sp³-hybridized carbons (Fsp3) is 0.200. The van der Waals surface area contributed by atoms with Crippen molar-refractivity contribution in [2.45, 2.75) is 18.4 Å². The molecular weight excluding hydrogens is 304 g/mol. The molecule has 0 amide bonds. The van der Waals surface area contributed by atoms with E-state index in [0.29, 0.717) is 5.56 Å². The first-order chi connectivity index (χ1) is 10.0. The summed E-state index contributed by atoms with van der Waals surface area (Å²) in [5.74, 6) is 5.48. The number of hydrogen-bond donors (Lipinski definition) is 2. The third-order valence-electron chi connectivity index (χ3n) is 2.89. The quantitative estimate of drug-likeness (QED) is 0.845. The monoisotopic (exact) mass is 320 g/mol. The van der Waals surface area contributed by atoms with Crippen LogP contribution in [0.4, 0.5) is 0 Å². The molecule has 2 rings (SSSR count). The maximum Gasteiger partial charge on any atom is 0.242 e. The normalized spacial score (nSPS) is 11.0. The van der Waals surface area contributed by atoms with E-state index in [1.54, 1.807) is 24.3 Å². The van der Waals surface area contributed by atoms with Crippen LogP contribution in [0.5, 0.6) is 0 Å². The lowest BCUT2D eigenvalue weighted by molar-refractivity contribution is 0.581. The van der Waals surface area contributed by atoms with E-state index in [1.807, 2.05) is 18.4 Å². The molecule has 4 nitrogen and oxygen atoms in total. The lowest BCUT2D eigenvalue weighted by Crippen LogP contribution is -2.24. The van der Waals surface area contributed by atoms with Crippen LogP contribution < -0.4 is 10.5 Å². The van der Waals surface area contributed by atoms with Gasteiger partial charge in [0.05, 0.1) is 11.4 Å². The second kappa shape index (κ2) is 6.87. The Morgan fingerprint density at radius 2 is 2.05 bits per heavy atom. The zero-order valence-corrected chi connectivity index (χ0v) is 13.2. The third-order valence-corrected chi connectivity index (χ3v) is 5.38. The van der Waals surface area contributed by atoms with Gasteiger partial charge in [0.1, 0.15) is 0 Å². The van der Waals surface area contributed by atoms with Crippen molar-refractivity contribution < 1.29 is 8.42 Å². The molecule has 0 bridgehead atoms. The van der Waals surface area contributed by atoms with Crippen molar-refractivity contribution in [1.29, 1.82) is 0 Å². The zero-order valence-electron chi connectivity index (χ0n) is 11.6. The van der Waals surface area contributed by atoms with Crippen LogP contribution >= 0.6 is 11.3 Å².